The average Bonchev–Trinajstić information content (AvgIpc) is 2.90. The molecular weight excluding hydrogens is 351 g/mol. The number of benzene rings is 2. The van der Waals surface area contributed by atoms with Crippen LogP contribution in [0.3, 0.4) is 0 Å². The lowest BCUT2D eigenvalue weighted by Crippen LogP contribution is -2.26. The quantitative estimate of drug-likeness (QED) is 0.808. The number of ketones is 1. The standard InChI is InChI=1S/C17H14Cl2N2O3/c1-8-4-13(21-17(20)23)11-7-15(24-14(11)5-8)16(22)10-3-2-9(18)6-12(10)19/h2-6,15H,7H2,1H3,(H3,20,21,23). The number of urea groups is 1. The summed E-state index contributed by atoms with van der Waals surface area (Å²) in [5.41, 5.74) is 7.72. The summed E-state index contributed by atoms with van der Waals surface area (Å²) in [4.78, 5) is 23.9. The maximum absolute atomic E-state index is 12.7. The van der Waals surface area contributed by atoms with Crippen molar-refractivity contribution in [1.82, 2.24) is 0 Å². The second-order valence-corrected chi connectivity index (χ2v) is 6.42. The number of ether oxygens (including phenoxy) is 1. The Hall–Kier alpha value is -2.24. The number of nitrogens with one attached hydrogen (secondary N) is 1. The summed E-state index contributed by atoms with van der Waals surface area (Å²) in [7, 11) is 0. The fraction of sp³-hybridized carbons (Fsp3) is 0.176. The monoisotopic (exact) mass is 364 g/mol. The molecule has 0 radical (unpaired) electrons. The molecule has 3 rings (SSSR count). The Bertz CT molecular complexity index is 852. The largest absolute Gasteiger partial charge is 0.482 e. The number of fused-ring (bicyclic) bond motifs is 1. The number of carbonyl (C=O) groups is 2. The minimum atomic E-state index is -0.714. The van der Waals surface area contributed by atoms with Crippen LogP contribution < -0.4 is 15.8 Å². The highest BCUT2D eigenvalue weighted by atomic mass is 35.5. The number of rotatable bonds is 3. The first-order valence-corrected chi connectivity index (χ1v) is 7.96. The molecule has 1 aliphatic rings. The third-order valence-electron chi connectivity index (χ3n) is 3.76. The van der Waals surface area contributed by atoms with Crippen LogP contribution in [0.4, 0.5) is 10.5 Å². The number of Topliss-reactive ketones (excluding diaryl/α,β-unsaturated/α-hetero) is 1. The molecule has 1 atom stereocenters. The van der Waals surface area contributed by atoms with E-state index in [9.17, 15) is 9.59 Å². The van der Waals surface area contributed by atoms with E-state index in [1.807, 2.05) is 13.0 Å². The molecule has 5 nitrogen and oxygen atoms in total. The van der Waals surface area contributed by atoms with Crippen LogP contribution in [-0.4, -0.2) is 17.9 Å². The predicted molar refractivity (Wildman–Crippen MR) is 93.3 cm³/mol. The van der Waals surface area contributed by atoms with E-state index in [0.717, 1.165) is 11.1 Å². The number of carbonyl (C=O) groups excluding carboxylic acids is 2. The summed E-state index contributed by atoms with van der Waals surface area (Å²) in [6, 6.07) is 7.63. The zero-order valence-corrected chi connectivity index (χ0v) is 14.2. The highest BCUT2D eigenvalue weighted by Gasteiger charge is 2.33. The molecule has 1 heterocycles. The van der Waals surface area contributed by atoms with Crippen molar-refractivity contribution in [2.75, 3.05) is 5.32 Å². The number of hydrogen-bond donors (Lipinski definition) is 2. The van der Waals surface area contributed by atoms with Crippen LogP contribution in [0.25, 0.3) is 0 Å². The first-order chi connectivity index (χ1) is 11.3. The van der Waals surface area contributed by atoms with Gasteiger partial charge in [-0.15, -0.1) is 0 Å². The Labute approximate surface area is 148 Å². The first kappa shape index (κ1) is 16.6. The van der Waals surface area contributed by atoms with Gasteiger partial charge >= 0.3 is 6.03 Å². The molecular formula is C17H14Cl2N2O3. The lowest BCUT2D eigenvalue weighted by atomic mass is 10.00. The number of nitrogens with two attached hydrogens (primary N) is 1. The summed E-state index contributed by atoms with van der Waals surface area (Å²) < 4.78 is 5.78. The van der Waals surface area contributed by atoms with E-state index in [0.29, 0.717) is 28.4 Å². The van der Waals surface area contributed by atoms with Gasteiger partial charge in [-0.25, -0.2) is 4.79 Å². The van der Waals surface area contributed by atoms with Crippen molar-refractivity contribution < 1.29 is 14.3 Å². The van der Waals surface area contributed by atoms with Gasteiger partial charge < -0.3 is 15.8 Å². The van der Waals surface area contributed by atoms with Crippen LogP contribution in [0.2, 0.25) is 10.0 Å². The Morgan fingerprint density at radius 1 is 1.25 bits per heavy atom. The van der Waals surface area contributed by atoms with Crippen LogP contribution in [0, 0.1) is 6.92 Å². The van der Waals surface area contributed by atoms with Crippen LogP contribution in [-0.2, 0) is 6.42 Å². The minimum Gasteiger partial charge on any atom is -0.482 e. The van der Waals surface area contributed by atoms with E-state index in [1.165, 1.54) is 6.07 Å². The van der Waals surface area contributed by atoms with Crippen LogP contribution in [0.5, 0.6) is 5.75 Å². The first-order valence-electron chi connectivity index (χ1n) is 7.21. The summed E-state index contributed by atoms with van der Waals surface area (Å²) >= 11 is 12.0. The second-order valence-electron chi connectivity index (χ2n) is 5.58. The van der Waals surface area contributed by atoms with E-state index < -0.39 is 12.1 Å². The highest BCUT2D eigenvalue weighted by Crippen LogP contribution is 2.37. The average molecular weight is 365 g/mol. The van der Waals surface area contributed by atoms with Crippen molar-refractivity contribution in [1.29, 1.82) is 0 Å². The topological polar surface area (TPSA) is 81.4 Å². The number of anilines is 1. The smallest absolute Gasteiger partial charge is 0.316 e. The van der Waals surface area contributed by atoms with Crippen LogP contribution in [0.15, 0.2) is 30.3 Å². The predicted octanol–water partition coefficient (Wildman–Crippen LogP) is 3.98. The molecule has 0 bridgehead atoms. The van der Waals surface area contributed by atoms with Gasteiger partial charge in [-0.1, -0.05) is 23.2 Å². The van der Waals surface area contributed by atoms with E-state index in [4.69, 9.17) is 33.7 Å². The Balaban J connectivity index is 1.91. The Kier molecular flexibility index (Phi) is 4.39. The Morgan fingerprint density at radius 3 is 2.67 bits per heavy atom. The molecule has 1 unspecified atom stereocenters. The molecule has 7 heteroatoms. The van der Waals surface area contributed by atoms with Gasteiger partial charge in [0.15, 0.2) is 6.10 Å². The highest BCUT2D eigenvalue weighted by molar-refractivity contribution is 6.37. The van der Waals surface area contributed by atoms with Gasteiger partial charge in [-0.05, 0) is 42.8 Å². The van der Waals surface area contributed by atoms with Crippen molar-refractivity contribution in [2.45, 2.75) is 19.4 Å². The SMILES string of the molecule is Cc1cc(NC(N)=O)c2c(c1)OC(C(=O)c1ccc(Cl)cc1Cl)C2. The molecule has 3 N–H and O–H groups in total. The Morgan fingerprint density at radius 2 is 2.00 bits per heavy atom. The fourth-order valence-electron chi connectivity index (χ4n) is 2.73. The molecule has 0 saturated carbocycles. The molecule has 24 heavy (non-hydrogen) atoms. The fourth-order valence-corrected chi connectivity index (χ4v) is 3.23. The van der Waals surface area contributed by atoms with Gasteiger partial charge in [0.05, 0.1) is 5.02 Å². The molecule has 0 spiro atoms. The lowest BCUT2D eigenvalue weighted by molar-refractivity contribution is 0.0825. The number of aryl methyl sites for hydroxylation is 1. The van der Waals surface area contributed by atoms with Crippen molar-refractivity contribution >= 4 is 40.7 Å². The van der Waals surface area contributed by atoms with Gasteiger partial charge in [0.2, 0.25) is 5.78 Å². The number of primary amides is 1. The molecule has 0 saturated heterocycles. The van der Waals surface area contributed by atoms with Crippen molar-refractivity contribution in [3.05, 3.63) is 57.1 Å². The summed E-state index contributed by atoms with van der Waals surface area (Å²) in [6.45, 7) is 1.86. The van der Waals surface area contributed by atoms with E-state index in [1.54, 1.807) is 18.2 Å². The zero-order chi connectivity index (χ0) is 17.4. The molecule has 0 aliphatic carbocycles. The van der Waals surface area contributed by atoms with Crippen molar-refractivity contribution in [3.8, 4) is 5.75 Å². The number of halogens is 2. The van der Waals surface area contributed by atoms with Gasteiger partial charge in [0.1, 0.15) is 5.75 Å². The molecule has 0 aromatic heterocycles. The summed E-state index contributed by atoms with van der Waals surface area (Å²) in [6.07, 6.45) is -0.392. The van der Waals surface area contributed by atoms with Gasteiger partial charge in [-0.3, -0.25) is 4.79 Å². The number of hydrogen-bond acceptors (Lipinski definition) is 3. The summed E-state index contributed by atoms with van der Waals surface area (Å²) in [5, 5.41) is 3.30. The number of amides is 2. The summed E-state index contributed by atoms with van der Waals surface area (Å²) in [5.74, 6) is 0.317. The van der Waals surface area contributed by atoms with Gasteiger partial charge in [0.25, 0.3) is 0 Å². The van der Waals surface area contributed by atoms with E-state index >= 15 is 0 Å². The van der Waals surface area contributed by atoms with Crippen LogP contribution >= 0.6 is 23.2 Å². The van der Waals surface area contributed by atoms with Crippen molar-refractivity contribution in [3.63, 3.8) is 0 Å². The molecule has 1 aliphatic heterocycles. The maximum atomic E-state index is 12.7. The molecule has 0 fully saturated rings. The van der Waals surface area contributed by atoms with E-state index in [-0.39, 0.29) is 10.8 Å². The molecule has 2 aromatic carbocycles. The lowest BCUT2D eigenvalue weighted by Gasteiger charge is -2.11. The molecule has 124 valence electrons. The van der Waals surface area contributed by atoms with Gasteiger partial charge in [-0.2, -0.15) is 0 Å². The minimum absolute atomic E-state index is 0.240. The second kappa shape index (κ2) is 6.34. The van der Waals surface area contributed by atoms with E-state index in [2.05, 4.69) is 5.32 Å². The van der Waals surface area contributed by atoms with Gasteiger partial charge in [0, 0.05) is 28.3 Å². The molecule has 2 amide bonds. The molecule has 2 aromatic rings. The maximum Gasteiger partial charge on any atom is 0.316 e. The normalized spacial score (nSPS) is 15.5. The zero-order valence-electron chi connectivity index (χ0n) is 12.7. The third-order valence-corrected chi connectivity index (χ3v) is 4.31. The van der Waals surface area contributed by atoms with Crippen molar-refractivity contribution in [2.24, 2.45) is 5.73 Å². The third kappa shape index (κ3) is 3.18. The van der Waals surface area contributed by atoms with Crippen LogP contribution in [0.1, 0.15) is 21.5 Å².